The van der Waals surface area contributed by atoms with Gasteiger partial charge in [-0.15, -0.1) is 0 Å². The number of hydrogen-bond donors (Lipinski definition) is 2. The van der Waals surface area contributed by atoms with Crippen LogP contribution in [0.3, 0.4) is 0 Å². The van der Waals surface area contributed by atoms with Crippen molar-refractivity contribution in [3.05, 3.63) is 35.0 Å². The van der Waals surface area contributed by atoms with Gasteiger partial charge < -0.3 is 15.0 Å². The van der Waals surface area contributed by atoms with E-state index in [1.807, 2.05) is 13.8 Å². The number of H-pyrrole nitrogens is 1. The van der Waals surface area contributed by atoms with Crippen LogP contribution in [0.5, 0.6) is 0 Å². The van der Waals surface area contributed by atoms with E-state index < -0.39 is 24.6 Å². The maximum atomic E-state index is 12.8. The lowest BCUT2D eigenvalue weighted by molar-refractivity contribution is -0.271. The smallest absolute Gasteiger partial charge is 0.380 e. The first-order chi connectivity index (χ1) is 11.1. The number of halogens is 3. The molecule has 1 fully saturated rings. The van der Waals surface area contributed by atoms with Crippen LogP contribution in [0, 0.1) is 13.8 Å². The van der Waals surface area contributed by atoms with Gasteiger partial charge in [-0.2, -0.15) is 13.2 Å². The van der Waals surface area contributed by atoms with Crippen molar-refractivity contribution in [2.75, 3.05) is 13.1 Å². The van der Waals surface area contributed by atoms with E-state index in [-0.39, 0.29) is 19.0 Å². The van der Waals surface area contributed by atoms with E-state index in [9.17, 15) is 23.1 Å². The van der Waals surface area contributed by atoms with Gasteiger partial charge in [0.1, 0.15) is 0 Å². The molecule has 0 aliphatic carbocycles. The standard InChI is InChI=1S/C17H19F3N2O2/c1-10-11(2)21-14-4-3-12(9-13(10)14)15(23)22-7-5-16(24,6-8-22)17(18,19)20/h3-4,9,21,24H,5-8H2,1-2H3. The molecule has 7 heteroatoms. The molecule has 0 bridgehead atoms. The van der Waals surface area contributed by atoms with Crippen LogP contribution in [0.4, 0.5) is 13.2 Å². The number of piperidine rings is 1. The van der Waals surface area contributed by atoms with Gasteiger partial charge in [-0.3, -0.25) is 4.79 Å². The lowest BCUT2D eigenvalue weighted by Gasteiger charge is -2.39. The molecular formula is C17H19F3N2O2. The molecule has 1 aliphatic rings. The number of aromatic nitrogens is 1. The Bertz CT molecular complexity index is 787. The number of aliphatic hydroxyl groups is 1. The zero-order valence-electron chi connectivity index (χ0n) is 13.5. The monoisotopic (exact) mass is 340 g/mol. The molecule has 130 valence electrons. The summed E-state index contributed by atoms with van der Waals surface area (Å²) in [6, 6.07) is 5.24. The minimum atomic E-state index is -4.67. The minimum Gasteiger partial charge on any atom is -0.380 e. The molecule has 24 heavy (non-hydrogen) atoms. The second-order valence-electron chi connectivity index (χ2n) is 6.46. The molecule has 1 saturated heterocycles. The summed E-state index contributed by atoms with van der Waals surface area (Å²) >= 11 is 0. The number of benzene rings is 1. The molecule has 1 amide bonds. The summed E-state index contributed by atoms with van der Waals surface area (Å²) in [5.41, 5.74) is 0.739. The number of rotatable bonds is 1. The SMILES string of the molecule is Cc1[nH]c2ccc(C(=O)N3CCC(O)(C(F)(F)F)CC3)cc2c1C. The first-order valence-electron chi connectivity index (χ1n) is 7.80. The number of aryl methyl sites for hydroxylation is 2. The van der Waals surface area contributed by atoms with Crippen molar-refractivity contribution in [1.29, 1.82) is 0 Å². The number of amides is 1. The van der Waals surface area contributed by atoms with E-state index in [0.717, 1.165) is 22.2 Å². The summed E-state index contributed by atoms with van der Waals surface area (Å²) in [4.78, 5) is 17.2. The number of nitrogens with zero attached hydrogens (tertiary/aromatic N) is 1. The molecule has 1 aromatic heterocycles. The minimum absolute atomic E-state index is 0.113. The molecule has 0 saturated carbocycles. The van der Waals surface area contributed by atoms with Gasteiger partial charge in [-0.1, -0.05) is 0 Å². The highest BCUT2D eigenvalue weighted by Crippen LogP contribution is 2.38. The highest BCUT2D eigenvalue weighted by Gasteiger charge is 2.54. The molecule has 0 unspecified atom stereocenters. The number of fused-ring (bicyclic) bond motifs is 1. The van der Waals surface area contributed by atoms with Gasteiger partial charge in [0.15, 0.2) is 5.60 Å². The van der Waals surface area contributed by atoms with E-state index in [1.54, 1.807) is 18.2 Å². The van der Waals surface area contributed by atoms with Crippen LogP contribution < -0.4 is 0 Å². The highest BCUT2D eigenvalue weighted by atomic mass is 19.4. The summed E-state index contributed by atoms with van der Waals surface area (Å²) in [6.45, 7) is 3.67. The third kappa shape index (κ3) is 2.66. The Kier molecular flexibility index (Phi) is 3.86. The summed E-state index contributed by atoms with van der Waals surface area (Å²) in [5, 5.41) is 10.6. The molecule has 3 rings (SSSR count). The molecule has 0 radical (unpaired) electrons. The Balaban J connectivity index is 1.80. The van der Waals surface area contributed by atoms with Crippen molar-refractivity contribution < 1.29 is 23.1 Å². The fourth-order valence-corrected chi connectivity index (χ4v) is 3.14. The van der Waals surface area contributed by atoms with Gasteiger partial charge in [0, 0.05) is 48.1 Å². The number of aromatic amines is 1. The van der Waals surface area contributed by atoms with Gasteiger partial charge in [0.2, 0.25) is 0 Å². The topological polar surface area (TPSA) is 56.3 Å². The van der Waals surface area contributed by atoms with Crippen LogP contribution >= 0.6 is 0 Å². The summed E-state index contributed by atoms with van der Waals surface area (Å²) in [7, 11) is 0. The number of carbonyl (C=O) groups excluding carboxylic acids is 1. The first kappa shape index (κ1) is 16.8. The van der Waals surface area contributed by atoms with Gasteiger partial charge in [0.25, 0.3) is 5.91 Å². The highest BCUT2D eigenvalue weighted by molar-refractivity contribution is 5.99. The molecular weight excluding hydrogens is 321 g/mol. The lowest BCUT2D eigenvalue weighted by Crippen LogP contribution is -2.54. The Labute approximate surface area is 137 Å². The number of nitrogens with one attached hydrogen (secondary N) is 1. The van der Waals surface area contributed by atoms with E-state index in [4.69, 9.17) is 0 Å². The van der Waals surface area contributed by atoms with Crippen LogP contribution in [0.25, 0.3) is 10.9 Å². The van der Waals surface area contributed by atoms with E-state index in [1.165, 1.54) is 4.90 Å². The Morgan fingerprint density at radius 3 is 2.46 bits per heavy atom. The van der Waals surface area contributed by atoms with Crippen molar-refractivity contribution >= 4 is 16.8 Å². The Morgan fingerprint density at radius 2 is 1.88 bits per heavy atom. The molecule has 0 spiro atoms. The third-order valence-corrected chi connectivity index (χ3v) is 4.96. The van der Waals surface area contributed by atoms with E-state index in [2.05, 4.69) is 4.98 Å². The number of alkyl halides is 3. The first-order valence-corrected chi connectivity index (χ1v) is 7.80. The zero-order valence-corrected chi connectivity index (χ0v) is 13.5. The number of likely N-dealkylation sites (tertiary alicyclic amines) is 1. The van der Waals surface area contributed by atoms with Crippen molar-refractivity contribution in [3.63, 3.8) is 0 Å². The maximum absolute atomic E-state index is 12.8. The van der Waals surface area contributed by atoms with Crippen LogP contribution in [-0.4, -0.2) is 45.8 Å². The van der Waals surface area contributed by atoms with Gasteiger partial charge in [-0.25, -0.2) is 0 Å². The summed E-state index contributed by atoms with van der Waals surface area (Å²) in [6.07, 6.45) is -5.65. The zero-order chi connectivity index (χ0) is 17.7. The van der Waals surface area contributed by atoms with Gasteiger partial charge in [0.05, 0.1) is 0 Å². The molecule has 4 nitrogen and oxygen atoms in total. The largest absolute Gasteiger partial charge is 0.417 e. The van der Waals surface area contributed by atoms with E-state index in [0.29, 0.717) is 5.56 Å². The van der Waals surface area contributed by atoms with Gasteiger partial charge >= 0.3 is 6.18 Å². The molecule has 0 atom stereocenters. The van der Waals surface area contributed by atoms with Crippen LogP contribution in [0.1, 0.15) is 34.5 Å². The summed E-state index contributed by atoms with van der Waals surface area (Å²) in [5.74, 6) is -0.306. The van der Waals surface area contributed by atoms with Crippen molar-refractivity contribution in [2.45, 2.75) is 38.5 Å². The average Bonchev–Trinajstić information content (AvgIpc) is 2.81. The quantitative estimate of drug-likeness (QED) is 0.837. The second-order valence-corrected chi connectivity index (χ2v) is 6.46. The predicted molar refractivity (Wildman–Crippen MR) is 83.9 cm³/mol. The van der Waals surface area contributed by atoms with Crippen molar-refractivity contribution in [3.8, 4) is 0 Å². The second kappa shape index (κ2) is 5.51. The molecule has 2 heterocycles. The fourth-order valence-electron chi connectivity index (χ4n) is 3.14. The average molecular weight is 340 g/mol. The lowest BCUT2D eigenvalue weighted by atomic mass is 9.90. The molecule has 2 N–H and O–H groups in total. The van der Waals surface area contributed by atoms with Gasteiger partial charge in [-0.05, 0) is 37.6 Å². The van der Waals surface area contributed by atoms with Crippen molar-refractivity contribution in [2.24, 2.45) is 0 Å². The van der Waals surface area contributed by atoms with E-state index >= 15 is 0 Å². The summed E-state index contributed by atoms with van der Waals surface area (Å²) < 4.78 is 38.5. The molecule has 2 aromatic rings. The maximum Gasteiger partial charge on any atom is 0.417 e. The Hall–Kier alpha value is -2.02. The normalized spacial score (nSPS) is 18.2. The Morgan fingerprint density at radius 1 is 1.25 bits per heavy atom. The third-order valence-electron chi connectivity index (χ3n) is 4.96. The van der Waals surface area contributed by atoms with Crippen molar-refractivity contribution in [1.82, 2.24) is 9.88 Å². The number of carbonyl (C=O) groups is 1. The predicted octanol–water partition coefficient (Wildman–Crippen LogP) is 3.31. The van der Waals surface area contributed by atoms with Crippen LogP contribution in [0.15, 0.2) is 18.2 Å². The molecule has 1 aliphatic heterocycles. The molecule has 1 aromatic carbocycles. The van der Waals surface area contributed by atoms with Crippen LogP contribution in [-0.2, 0) is 0 Å². The van der Waals surface area contributed by atoms with Crippen LogP contribution in [0.2, 0.25) is 0 Å². The number of hydrogen-bond acceptors (Lipinski definition) is 2. The fraction of sp³-hybridized carbons (Fsp3) is 0.471.